The molecule has 59 heavy (non-hydrogen) atoms. The molecule has 5 nitrogen and oxygen atoms in total. The second-order valence-corrected chi connectivity index (χ2v) is 15.7. The molecular weight excluding hydrogens is 719 g/mol. The van der Waals surface area contributed by atoms with Crippen molar-refractivity contribution in [1.82, 2.24) is 23.5 Å². The lowest BCUT2D eigenvalue weighted by molar-refractivity contribution is 1.08. The first kappa shape index (κ1) is 31.1. The van der Waals surface area contributed by atoms with Crippen molar-refractivity contribution >= 4 is 104 Å². The summed E-state index contributed by atoms with van der Waals surface area (Å²) >= 11 is 0. The third-order valence-electron chi connectivity index (χ3n) is 12.7. The van der Waals surface area contributed by atoms with Gasteiger partial charge in [0.05, 0.1) is 49.7 Å². The number of nitrogens with zero attached hydrogens (tertiary/aromatic N) is 5. The lowest BCUT2D eigenvalue weighted by atomic mass is 10.0. The molecule has 0 aliphatic rings. The molecule has 5 aromatic heterocycles. The minimum atomic E-state index is 0.802. The number of aromatic nitrogens is 5. The van der Waals surface area contributed by atoms with Gasteiger partial charge in [-0.25, -0.2) is 9.97 Å². The second-order valence-electron chi connectivity index (χ2n) is 15.7. The van der Waals surface area contributed by atoms with Crippen LogP contribution in [0.25, 0.3) is 126 Å². The van der Waals surface area contributed by atoms with Crippen LogP contribution in [0.3, 0.4) is 0 Å². The van der Waals surface area contributed by atoms with Crippen LogP contribution < -0.4 is 0 Å². The first-order chi connectivity index (χ1) is 29.3. The molecule has 0 saturated heterocycles. The quantitative estimate of drug-likeness (QED) is 0.169. The normalized spacial score (nSPS) is 12.4. The van der Waals surface area contributed by atoms with Gasteiger partial charge in [0.25, 0.3) is 0 Å². The van der Waals surface area contributed by atoms with Crippen LogP contribution in [0, 0.1) is 0 Å². The third-order valence-corrected chi connectivity index (χ3v) is 12.7. The molecular formula is C54H31N5. The summed E-state index contributed by atoms with van der Waals surface area (Å²) in [5.74, 6) is 0.802. The lowest BCUT2D eigenvalue weighted by Gasteiger charge is -2.16. The van der Waals surface area contributed by atoms with Gasteiger partial charge in [-0.05, 0) is 53.2 Å². The van der Waals surface area contributed by atoms with Crippen LogP contribution in [0.4, 0.5) is 0 Å². The Balaban J connectivity index is 1.32. The van der Waals surface area contributed by atoms with Crippen LogP contribution in [0.2, 0.25) is 0 Å². The lowest BCUT2D eigenvalue weighted by Crippen LogP contribution is -2.05. The van der Waals surface area contributed by atoms with Gasteiger partial charge >= 0.3 is 0 Å². The zero-order valence-electron chi connectivity index (χ0n) is 31.6. The van der Waals surface area contributed by atoms with Crippen LogP contribution in [-0.2, 0) is 0 Å². The van der Waals surface area contributed by atoms with E-state index >= 15 is 0 Å². The summed E-state index contributed by atoms with van der Waals surface area (Å²) in [5, 5.41) is 12.0. The van der Waals surface area contributed by atoms with Gasteiger partial charge in [-0.3, -0.25) is 4.57 Å². The van der Waals surface area contributed by atoms with Crippen molar-refractivity contribution in [3.8, 4) is 22.8 Å². The average molecular weight is 750 g/mol. The van der Waals surface area contributed by atoms with Gasteiger partial charge in [-0.2, -0.15) is 0 Å². The van der Waals surface area contributed by atoms with E-state index in [-0.39, 0.29) is 0 Å². The van der Waals surface area contributed by atoms with E-state index in [9.17, 15) is 0 Å². The zero-order valence-corrected chi connectivity index (χ0v) is 31.6. The molecule has 0 spiro atoms. The van der Waals surface area contributed by atoms with Gasteiger partial charge in [0.2, 0.25) is 0 Å². The minimum absolute atomic E-state index is 0.802. The highest BCUT2D eigenvalue weighted by atomic mass is 15.1. The number of hydrogen-bond donors (Lipinski definition) is 0. The fourth-order valence-electron chi connectivity index (χ4n) is 10.3. The van der Waals surface area contributed by atoms with Gasteiger partial charge < -0.3 is 8.97 Å². The van der Waals surface area contributed by atoms with Gasteiger partial charge in [0.15, 0.2) is 5.82 Å². The Morgan fingerprint density at radius 1 is 0.356 bits per heavy atom. The number of benzene rings is 9. The van der Waals surface area contributed by atoms with Crippen molar-refractivity contribution in [1.29, 1.82) is 0 Å². The molecule has 0 unspecified atom stereocenters. The summed E-state index contributed by atoms with van der Waals surface area (Å²) in [7, 11) is 0. The molecule has 0 N–H and O–H groups in total. The summed E-state index contributed by atoms with van der Waals surface area (Å²) in [4.78, 5) is 11.3. The molecule has 0 bridgehead atoms. The van der Waals surface area contributed by atoms with Crippen molar-refractivity contribution in [2.75, 3.05) is 0 Å². The molecule has 9 aromatic carbocycles. The summed E-state index contributed by atoms with van der Waals surface area (Å²) in [6, 6.07) is 68.0. The smallest absolute Gasteiger partial charge is 0.165 e. The molecule has 14 aromatic rings. The fourth-order valence-corrected chi connectivity index (χ4v) is 10.3. The molecule has 0 aliphatic carbocycles. The molecule has 272 valence electrons. The van der Waals surface area contributed by atoms with E-state index < -0.39 is 0 Å². The number of fused-ring (bicyclic) bond motifs is 12. The molecule has 0 radical (unpaired) electrons. The highest BCUT2D eigenvalue weighted by molar-refractivity contribution is 6.36. The van der Waals surface area contributed by atoms with E-state index in [1.165, 1.54) is 54.1 Å². The van der Waals surface area contributed by atoms with E-state index in [0.717, 1.165) is 72.2 Å². The number of hydrogen-bond acceptors (Lipinski definition) is 2. The number of rotatable bonds is 3. The Hall–Kier alpha value is -8.02. The van der Waals surface area contributed by atoms with Crippen molar-refractivity contribution in [2.24, 2.45) is 0 Å². The van der Waals surface area contributed by atoms with Crippen LogP contribution in [0.15, 0.2) is 188 Å². The third kappa shape index (κ3) is 3.98. The minimum Gasteiger partial charge on any atom is -0.308 e. The molecule has 0 amide bonds. The standard InChI is InChI=1S/C54H31N5/c1-3-16-33(17-4-1)49-54(55-42-30-29-32-15-7-8-20-35(32)50(42)56-49)59-45-28-14-23-38-40-25-13-24-39-36-21-9-12-27-44(36)58(51(39)40)46-31-41-37-22-10-11-26-43(37)57(34-18-5-2-6-19-34)52(41)53(59)48(46)47(38)45/h1-31H. The maximum Gasteiger partial charge on any atom is 0.165 e. The first-order valence-electron chi connectivity index (χ1n) is 20.2. The Bertz CT molecular complexity index is 4060. The zero-order chi connectivity index (χ0) is 38.3. The summed E-state index contributed by atoms with van der Waals surface area (Å²) in [6.07, 6.45) is 0. The van der Waals surface area contributed by atoms with Gasteiger partial charge in [0, 0.05) is 54.3 Å². The Labute approximate surface area is 336 Å². The summed E-state index contributed by atoms with van der Waals surface area (Å²) in [5.41, 5.74) is 12.8. The fraction of sp³-hybridized carbons (Fsp3) is 0. The highest BCUT2D eigenvalue weighted by Crippen LogP contribution is 2.49. The molecule has 0 atom stereocenters. The van der Waals surface area contributed by atoms with Crippen LogP contribution in [0.1, 0.15) is 0 Å². The van der Waals surface area contributed by atoms with Crippen molar-refractivity contribution in [2.45, 2.75) is 0 Å². The van der Waals surface area contributed by atoms with Gasteiger partial charge in [0.1, 0.15) is 5.69 Å². The summed E-state index contributed by atoms with van der Waals surface area (Å²) in [6.45, 7) is 0. The summed E-state index contributed by atoms with van der Waals surface area (Å²) < 4.78 is 7.44. The van der Waals surface area contributed by atoms with Crippen molar-refractivity contribution in [3.63, 3.8) is 0 Å². The molecule has 0 aliphatic heterocycles. The molecule has 14 rings (SSSR count). The maximum absolute atomic E-state index is 5.72. The highest BCUT2D eigenvalue weighted by Gasteiger charge is 2.29. The van der Waals surface area contributed by atoms with E-state index in [1.54, 1.807) is 0 Å². The van der Waals surface area contributed by atoms with Gasteiger partial charge in [-0.1, -0.05) is 146 Å². The first-order valence-corrected chi connectivity index (χ1v) is 20.2. The number of para-hydroxylation sites is 4. The SMILES string of the molecule is c1ccc(-c2nc3c(ccc4ccccc43)nc2-n2c3cccc4c5cccc6c7ccccc7n(c7cc8c9ccccc9n(-c9ccccc9)c8c2c7c43)c56)cc1. The Morgan fingerprint density at radius 2 is 0.983 bits per heavy atom. The predicted molar refractivity (Wildman–Crippen MR) is 246 cm³/mol. The monoisotopic (exact) mass is 749 g/mol. The van der Waals surface area contributed by atoms with Crippen LogP contribution >= 0.6 is 0 Å². The molecule has 5 heterocycles. The second kappa shape index (κ2) is 11.3. The molecule has 5 heteroatoms. The van der Waals surface area contributed by atoms with E-state index in [0.29, 0.717) is 0 Å². The Morgan fingerprint density at radius 3 is 1.81 bits per heavy atom. The van der Waals surface area contributed by atoms with Crippen LogP contribution in [0.5, 0.6) is 0 Å². The van der Waals surface area contributed by atoms with Crippen LogP contribution in [-0.4, -0.2) is 23.5 Å². The average Bonchev–Trinajstić information content (AvgIpc) is 3.92. The molecule has 0 fully saturated rings. The van der Waals surface area contributed by atoms with E-state index in [2.05, 4.69) is 202 Å². The Kier molecular flexibility index (Phi) is 5.96. The predicted octanol–water partition coefficient (Wildman–Crippen LogP) is 13.8. The van der Waals surface area contributed by atoms with E-state index in [4.69, 9.17) is 9.97 Å². The largest absolute Gasteiger partial charge is 0.308 e. The van der Waals surface area contributed by atoms with Crippen molar-refractivity contribution in [3.05, 3.63) is 188 Å². The van der Waals surface area contributed by atoms with Crippen molar-refractivity contribution < 1.29 is 0 Å². The van der Waals surface area contributed by atoms with E-state index in [1.807, 2.05) is 0 Å². The maximum atomic E-state index is 5.72. The topological polar surface area (TPSA) is 40.1 Å². The van der Waals surface area contributed by atoms with Gasteiger partial charge in [-0.15, -0.1) is 0 Å². The molecule has 0 saturated carbocycles.